The summed E-state index contributed by atoms with van der Waals surface area (Å²) in [6, 6.07) is 5.72. The molecule has 1 amide bonds. The topological polar surface area (TPSA) is 49.8 Å². The highest BCUT2D eigenvalue weighted by atomic mass is 16.5. The van der Waals surface area contributed by atoms with Crippen molar-refractivity contribution in [3.63, 3.8) is 0 Å². The summed E-state index contributed by atoms with van der Waals surface area (Å²) in [4.78, 5) is 14.9. The molecule has 1 N–H and O–H groups in total. The van der Waals surface area contributed by atoms with Gasteiger partial charge in [-0.25, -0.2) is 0 Å². The van der Waals surface area contributed by atoms with Crippen molar-refractivity contribution < 1.29 is 14.6 Å². The van der Waals surface area contributed by atoms with Crippen molar-refractivity contribution in [3.8, 4) is 0 Å². The van der Waals surface area contributed by atoms with Crippen LogP contribution in [-0.2, 0) is 14.9 Å². The van der Waals surface area contributed by atoms with Gasteiger partial charge in [-0.1, -0.05) is 24.5 Å². The fraction of sp³-hybridized carbons (Fsp3) is 0.562. The van der Waals surface area contributed by atoms with E-state index in [1.807, 2.05) is 25.1 Å². The van der Waals surface area contributed by atoms with Crippen LogP contribution in [0.4, 0.5) is 5.69 Å². The summed E-state index contributed by atoms with van der Waals surface area (Å²) in [6.45, 7) is 3.75. The fourth-order valence-electron chi connectivity index (χ4n) is 3.41. The van der Waals surface area contributed by atoms with E-state index < -0.39 is 5.41 Å². The molecule has 1 atom stereocenters. The lowest BCUT2D eigenvalue weighted by molar-refractivity contribution is -0.126. The quantitative estimate of drug-likeness (QED) is 0.823. The highest BCUT2D eigenvalue weighted by Crippen LogP contribution is 2.47. The molecule has 4 nitrogen and oxygen atoms in total. The van der Waals surface area contributed by atoms with Crippen LogP contribution in [0.3, 0.4) is 0 Å². The van der Waals surface area contributed by atoms with Gasteiger partial charge in [-0.2, -0.15) is 0 Å². The smallest absolute Gasteiger partial charge is 0.237 e. The Kier molecular flexibility index (Phi) is 3.80. The fourth-order valence-corrected chi connectivity index (χ4v) is 3.41. The van der Waals surface area contributed by atoms with Gasteiger partial charge in [0.15, 0.2) is 0 Å². The average molecular weight is 285 g/mol. The lowest BCUT2D eigenvalue weighted by Gasteiger charge is -2.32. The second-order valence-corrected chi connectivity index (χ2v) is 6.17. The van der Waals surface area contributed by atoms with Crippen LogP contribution in [0.2, 0.25) is 0 Å². The second-order valence-electron chi connectivity index (χ2n) is 6.17. The molecule has 2 heterocycles. The summed E-state index contributed by atoms with van der Waals surface area (Å²) in [7, 11) is 5.91. The molecule has 1 saturated heterocycles. The number of hydrogen-bond acceptors (Lipinski definition) is 3. The molecule has 1 fully saturated rings. The number of aliphatic hydroxyl groups is 1. The molecule has 2 aliphatic heterocycles. The van der Waals surface area contributed by atoms with Crippen molar-refractivity contribution >= 4 is 24.9 Å². The van der Waals surface area contributed by atoms with Crippen LogP contribution in [0.1, 0.15) is 25.3 Å². The molecular weight excluding hydrogens is 265 g/mol. The Morgan fingerprint density at radius 3 is 2.81 bits per heavy atom. The average Bonchev–Trinajstić information content (AvgIpc) is 2.70. The van der Waals surface area contributed by atoms with Crippen molar-refractivity contribution in [1.29, 1.82) is 0 Å². The molecule has 1 unspecified atom stereocenters. The lowest BCUT2D eigenvalue weighted by Crippen LogP contribution is -2.45. The molecular formula is C16H20BNO3. The van der Waals surface area contributed by atoms with Crippen LogP contribution in [0.15, 0.2) is 18.2 Å². The molecule has 21 heavy (non-hydrogen) atoms. The number of carbonyl (C=O) groups excluding carboxylic acids is 1. The van der Waals surface area contributed by atoms with Crippen LogP contribution >= 0.6 is 0 Å². The molecule has 0 aromatic heterocycles. The molecule has 2 aliphatic rings. The van der Waals surface area contributed by atoms with Crippen LogP contribution in [0, 0.1) is 5.92 Å². The van der Waals surface area contributed by atoms with Crippen LogP contribution in [0.5, 0.6) is 0 Å². The largest absolute Gasteiger partial charge is 0.396 e. The Bertz CT molecular complexity index is 554. The zero-order valence-electron chi connectivity index (χ0n) is 12.3. The van der Waals surface area contributed by atoms with Crippen molar-refractivity contribution in [3.05, 3.63) is 23.8 Å². The number of nitrogens with zero attached hydrogens (tertiary/aromatic N) is 1. The van der Waals surface area contributed by atoms with Gasteiger partial charge in [-0.05, 0) is 30.4 Å². The van der Waals surface area contributed by atoms with Gasteiger partial charge >= 0.3 is 0 Å². The Hall–Kier alpha value is -1.33. The van der Waals surface area contributed by atoms with Gasteiger partial charge in [0, 0.05) is 32.1 Å². The minimum atomic E-state index is -0.462. The molecule has 110 valence electrons. The van der Waals surface area contributed by atoms with Crippen molar-refractivity contribution in [2.75, 3.05) is 31.3 Å². The minimum absolute atomic E-state index is 0.0400. The summed E-state index contributed by atoms with van der Waals surface area (Å²) in [5.74, 6) is 0.171. The van der Waals surface area contributed by atoms with E-state index in [0.29, 0.717) is 38.1 Å². The predicted octanol–water partition coefficient (Wildman–Crippen LogP) is 0.504. The Morgan fingerprint density at radius 2 is 2.14 bits per heavy atom. The third-order valence-corrected chi connectivity index (χ3v) is 4.63. The molecule has 3 rings (SSSR count). The van der Waals surface area contributed by atoms with Crippen LogP contribution < -0.4 is 10.4 Å². The first-order chi connectivity index (χ1) is 10.1. The number of ether oxygens (including phenoxy) is 1. The maximum atomic E-state index is 13.0. The van der Waals surface area contributed by atoms with E-state index in [4.69, 9.17) is 12.6 Å². The Balaban J connectivity index is 2.05. The molecule has 1 aromatic carbocycles. The Morgan fingerprint density at radius 1 is 1.43 bits per heavy atom. The summed E-state index contributed by atoms with van der Waals surface area (Å²) < 4.78 is 5.45. The van der Waals surface area contributed by atoms with E-state index in [0.717, 1.165) is 11.3 Å². The number of hydrogen-bond donors (Lipinski definition) is 1. The second kappa shape index (κ2) is 5.46. The van der Waals surface area contributed by atoms with Crippen LogP contribution in [0.25, 0.3) is 0 Å². The van der Waals surface area contributed by atoms with E-state index in [1.54, 1.807) is 4.90 Å². The minimum Gasteiger partial charge on any atom is -0.396 e. The van der Waals surface area contributed by atoms with E-state index in [2.05, 4.69) is 0 Å². The van der Waals surface area contributed by atoms with E-state index in [1.165, 1.54) is 0 Å². The number of anilines is 1. The number of fused-ring (bicyclic) bond motifs is 2. The zero-order valence-corrected chi connectivity index (χ0v) is 12.3. The van der Waals surface area contributed by atoms with Crippen molar-refractivity contribution in [2.45, 2.75) is 25.2 Å². The molecule has 1 aromatic rings. The lowest BCUT2D eigenvalue weighted by atomic mass is 9.74. The number of benzene rings is 1. The van der Waals surface area contributed by atoms with Crippen LogP contribution in [-0.4, -0.2) is 45.2 Å². The maximum Gasteiger partial charge on any atom is 0.237 e. The molecule has 2 radical (unpaired) electrons. The first kappa shape index (κ1) is 14.6. The Labute approximate surface area is 126 Å². The third kappa shape index (κ3) is 2.28. The highest BCUT2D eigenvalue weighted by Gasteiger charge is 2.51. The molecule has 0 saturated carbocycles. The standard InChI is InChI=1S/C16H20BNO3/c1-11(10-19)9-18-14-8-12(17)2-3-13(14)16(15(18)20)4-6-21-7-5-16/h2-3,8,11,19H,4-7,9-10H2,1H3. The molecule has 0 bridgehead atoms. The highest BCUT2D eigenvalue weighted by molar-refractivity contribution is 6.33. The summed E-state index contributed by atoms with van der Waals surface area (Å²) in [6.07, 6.45) is 1.43. The van der Waals surface area contributed by atoms with Gasteiger partial charge in [0.05, 0.1) is 5.41 Å². The van der Waals surface area contributed by atoms with Crippen molar-refractivity contribution in [2.24, 2.45) is 5.92 Å². The van der Waals surface area contributed by atoms with Gasteiger partial charge in [-0.15, -0.1) is 0 Å². The van der Waals surface area contributed by atoms with E-state index in [-0.39, 0.29) is 18.4 Å². The van der Waals surface area contributed by atoms with Gasteiger partial charge in [0.1, 0.15) is 7.85 Å². The van der Waals surface area contributed by atoms with E-state index in [9.17, 15) is 9.90 Å². The maximum absolute atomic E-state index is 13.0. The number of amides is 1. The molecule has 1 spiro atoms. The molecule has 5 heteroatoms. The first-order valence-electron chi connectivity index (χ1n) is 7.49. The first-order valence-corrected chi connectivity index (χ1v) is 7.49. The predicted molar refractivity (Wildman–Crippen MR) is 82.2 cm³/mol. The van der Waals surface area contributed by atoms with Gasteiger partial charge in [0.2, 0.25) is 5.91 Å². The summed E-state index contributed by atoms with van der Waals surface area (Å²) in [5.41, 5.74) is 2.17. The third-order valence-electron chi connectivity index (χ3n) is 4.63. The zero-order chi connectivity index (χ0) is 15.0. The number of aliphatic hydroxyl groups excluding tert-OH is 1. The molecule has 0 aliphatic carbocycles. The number of rotatable bonds is 3. The van der Waals surface area contributed by atoms with Crippen molar-refractivity contribution in [1.82, 2.24) is 0 Å². The van der Waals surface area contributed by atoms with E-state index >= 15 is 0 Å². The van der Waals surface area contributed by atoms with Gasteiger partial charge in [-0.3, -0.25) is 4.79 Å². The normalized spacial score (nSPS) is 21.6. The summed E-state index contributed by atoms with van der Waals surface area (Å²) in [5, 5.41) is 9.30. The SMILES string of the molecule is [B]c1ccc2c(c1)N(CC(C)CO)C(=O)C21CCOCC1. The monoisotopic (exact) mass is 285 g/mol. The van der Waals surface area contributed by atoms with Gasteiger partial charge < -0.3 is 14.7 Å². The summed E-state index contributed by atoms with van der Waals surface area (Å²) >= 11 is 0. The number of carbonyl (C=O) groups is 1. The van der Waals surface area contributed by atoms with Gasteiger partial charge in [0.25, 0.3) is 0 Å².